The fourth-order valence-corrected chi connectivity index (χ4v) is 3.13. The Kier molecular flexibility index (Phi) is 7.67. The van der Waals surface area contributed by atoms with Crippen molar-refractivity contribution in [2.24, 2.45) is 0 Å². The van der Waals surface area contributed by atoms with E-state index in [2.05, 4.69) is 45.4 Å². The highest BCUT2D eigenvalue weighted by Crippen LogP contribution is 2.18. The first-order chi connectivity index (χ1) is 8.93. The fourth-order valence-electron chi connectivity index (χ4n) is 3.13. The van der Waals surface area contributed by atoms with Crippen LogP contribution in [-0.4, -0.2) is 50.2 Å². The highest BCUT2D eigenvalue weighted by molar-refractivity contribution is 5.85. The van der Waals surface area contributed by atoms with E-state index in [9.17, 15) is 0 Å². The first kappa shape index (κ1) is 17.6. The number of nitrogens with zero attached hydrogens (tertiary/aromatic N) is 2. The Morgan fingerprint density at radius 2 is 1.65 bits per heavy atom. The quantitative estimate of drug-likeness (QED) is 0.903. The first-order valence-corrected chi connectivity index (χ1v) is 7.18. The molecule has 0 saturated carbocycles. The second kappa shape index (κ2) is 8.73. The molecule has 0 radical (unpaired) electrons. The van der Waals surface area contributed by atoms with Gasteiger partial charge < -0.3 is 10.2 Å². The number of para-hydroxylation sites is 1. The first-order valence-electron chi connectivity index (χ1n) is 7.18. The maximum absolute atomic E-state index is 3.52. The zero-order valence-corrected chi connectivity index (χ0v) is 13.5. The smallest absolute Gasteiger partial charge is 0.0367 e. The van der Waals surface area contributed by atoms with Crippen molar-refractivity contribution in [1.82, 2.24) is 10.2 Å². The van der Waals surface area contributed by atoms with Gasteiger partial charge in [-0.2, -0.15) is 0 Å². The summed E-state index contributed by atoms with van der Waals surface area (Å²) >= 11 is 0. The van der Waals surface area contributed by atoms with E-state index in [1.165, 1.54) is 57.8 Å². The van der Waals surface area contributed by atoms with E-state index in [1.54, 1.807) is 0 Å². The summed E-state index contributed by atoms with van der Waals surface area (Å²) < 4.78 is 0. The third-order valence-electron chi connectivity index (χ3n) is 4.22. The Labute approximate surface area is 134 Å². The van der Waals surface area contributed by atoms with E-state index in [1.807, 2.05) is 0 Å². The van der Waals surface area contributed by atoms with Crippen molar-refractivity contribution >= 4 is 30.5 Å². The number of halogens is 2. The molecule has 2 heterocycles. The van der Waals surface area contributed by atoms with Crippen LogP contribution in [0.2, 0.25) is 0 Å². The molecule has 0 aromatic heterocycles. The third-order valence-corrected chi connectivity index (χ3v) is 4.22. The monoisotopic (exact) mass is 317 g/mol. The van der Waals surface area contributed by atoms with Gasteiger partial charge >= 0.3 is 0 Å². The average molecular weight is 318 g/mol. The zero-order valence-electron chi connectivity index (χ0n) is 11.8. The predicted octanol–water partition coefficient (Wildman–Crippen LogP) is 2.40. The Morgan fingerprint density at radius 1 is 0.950 bits per heavy atom. The molecule has 1 unspecified atom stereocenters. The molecule has 0 amide bonds. The maximum Gasteiger partial charge on any atom is 0.0367 e. The molecule has 114 valence electrons. The van der Waals surface area contributed by atoms with Gasteiger partial charge in [0.15, 0.2) is 0 Å². The van der Waals surface area contributed by atoms with Crippen molar-refractivity contribution in [1.29, 1.82) is 0 Å². The average Bonchev–Trinajstić information content (AvgIpc) is 2.49. The molecule has 5 heteroatoms. The number of rotatable bonds is 2. The maximum atomic E-state index is 3.52. The Bertz CT molecular complexity index is 361. The number of nitrogens with one attached hydrogen (secondary N) is 1. The van der Waals surface area contributed by atoms with Crippen LogP contribution in [0.25, 0.3) is 0 Å². The van der Waals surface area contributed by atoms with Gasteiger partial charge in [-0.15, -0.1) is 24.8 Å². The molecule has 0 aliphatic carbocycles. The van der Waals surface area contributed by atoms with Crippen LogP contribution in [-0.2, 0) is 0 Å². The molecule has 3 rings (SSSR count). The molecular weight excluding hydrogens is 293 g/mol. The topological polar surface area (TPSA) is 18.5 Å². The second-order valence-corrected chi connectivity index (χ2v) is 5.36. The van der Waals surface area contributed by atoms with Crippen LogP contribution >= 0.6 is 24.8 Å². The minimum Gasteiger partial charge on any atom is -0.369 e. The van der Waals surface area contributed by atoms with Gasteiger partial charge in [0, 0.05) is 44.5 Å². The van der Waals surface area contributed by atoms with E-state index < -0.39 is 0 Å². The molecule has 1 N–H and O–H groups in total. The van der Waals surface area contributed by atoms with Crippen molar-refractivity contribution in [3.63, 3.8) is 0 Å². The minimum absolute atomic E-state index is 0. The molecule has 0 spiro atoms. The molecule has 1 atom stereocenters. The van der Waals surface area contributed by atoms with Gasteiger partial charge in [0.25, 0.3) is 0 Å². The zero-order chi connectivity index (χ0) is 12.2. The predicted molar refractivity (Wildman–Crippen MR) is 90.6 cm³/mol. The molecule has 2 aliphatic rings. The summed E-state index contributed by atoms with van der Waals surface area (Å²) in [5, 5.41) is 3.52. The third kappa shape index (κ3) is 4.26. The van der Waals surface area contributed by atoms with E-state index in [4.69, 9.17) is 0 Å². The van der Waals surface area contributed by atoms with Crippen LogP contribution in [0.15, 0.2) is 30.3 Å². The van der Waals surface area contributed by atoms with Gasteiger partial charge in [-0.25, -0.2) is 0 Å². The van der Waals surface area contributed by atoms with Crippen molar-refractivity contribution in [2.45, 2.75) is 18.9 Å². The Morgan fingerprint density at radius 3 is 2.25 bits per heavy atom. The number of piperazine rings is 1. The number of hydrogen-bond acceptors (Lipinski definition) is 3. The lowest BCUT2D eigenvalue weighted by atomic mass is 10.0. The summed E-state index contributed by atoms with van der Waals surface area (Å²) in [4.78, 5) is 5.18. The minimum atomic E-state index is 0. The van der Waals surface area contributed by atoms with Gasteiger partial charge in [-0.1, -0.05) is 18.2 Å². The summed E-state index contributed by atoms with van der Waals surface area (Å²) in [5.41, 5.74) is 1.37. The van der Waals surface area contributed by atoms with Crippen LogP contribution in [0.5, 0.6) is 0 Å². The molecule has 1 aromatic rings. The van der Waals surface area contributed by atoms with Crippen LogP contribution in [0.3, 0.4) is 0 Å². The molecular formula is C15H25Cl2N3. The standard InChI is InChI=1S/C15H23N3.2ClH/c1-2-5-14(6-3-1)17-9-11-18(12-10-17)15-7-4-8-16-13-15;;/h1-3,5-6,15-16H,4,7-13H2;2*1H. The lowest BCUT2D eigenvalue weighted by Crippen LogP contribution is -2.54. The van der Waals surface area contributed by atoms with E-state index >= 15 is 0 Å². The van der Waals surface area contributed by atoms with Crippen molar-refractivity contribution in [2.75, 3.05) is 44.2 Å². The van der Waals surface area contributed by atoms with E-state index in [0.717, 1.165) is 6.04 Å². The number of hydrogen-bond donors (Lipinski definition) is 1. The van der Waals surface area contributed by atoms with Crippen LogP contribution in [0, 0.1) is 0 Å². The lowest BCUT2D eigenvalue weighted by Gasteiger charge is -2.41. The molecule has 20 heavy (non-hydrogen) atoms. The van der Waals surface area contributed by atoms with Crippen LogP contribution < -0.4 is 10.2 Å². The summed E-state index contributed by atoms with van der Waals surface area (Å²) in [5.74, 6) is 0. The van der Waals surface area contributed by atoms with E-state index in [0.29, 0.717) is 0 Å². The molecule has 1 aromatic carbocycles. The van der Waals surface area contributed by atoms with Gasteiger partial charge in [-0.3, -0.25) is 4.90 Å². The normalized spacial score (nSPS) is 23.6. The van der Waals surface area contributed by atoms with Crippen molar-refractivity contribution < 1.29 is 0 Å². The van der Waals surface area contributed by atoms with E-state index in [-0.39, 0.29) is 24.8 Å². The SMILES string of the molecule is Cl.Cl.c1ccc(N2CCN(C3CCCNC3)CC2)cc1. The van der Waals surface area contributed by atoms with Crippen LogP contribution in [0.1, 0.15) is 12.8 Å². The number of anilines is 1. The molecule has 0 bridgehead atoms. The van der Waals surface area contributed by atoms with Crippen LogP contribution in [0.4, 0.5) is 5.69 Å². The number of piperidine rings is 1. The van der Waals surface area contributed by atoms with Gasteiger partial charge in [-0.05, 0) is 31.5 Å². The summed E-state index contributed by atoms with van der Waals surface area (Å²) in [6.07, 6.45) is 2.71. The molecule has 3 nitrogen and oxygen atoms in total. The Balaban J connectivity index is 0.000001000. The molecule has 2 aliphatic heterocycles. The second-order valence-electron chi connectivity index (χ2n) is 5.36. The van der Waals surface area contributed by atoms with Crippen molar-refractivity contribution in [3.8, 4) is 0 Å². The summed E-state index contributed by atoms with van der Waals surface area (Å²) in [6.45, 7) is 7.15. The summed E-state index contributed by atoms with van der Waals surface area (Å²) in [7, 11) is 0. The lowest BCUT2D eigenvalue weighted by molar-refractivity contribution is 0.157. The fraction of sp³-hybridized carbons (Fsp3) is 0.600. The van der Waals surface area contributed by atoms with Gasteiger partial charge in [0.05, 0.1) is 0 Å². The Hall–Kier alpha value is -0.480. The highest BCUT2D eigenvalue weighted by Gasteiger charge is 2.24. The molecule has 2 fully saturated rings. The highest BCUT2D eigenvalue weighted by atomic mass is 35.5. The van der Waals surface area contributed by atoms with Gasteiger partial charge in [0.1, 0.15) is 0 Å². The number of benzene rings is 1. The summed E-state index contributed by atoms with van der Waals surface area (Å²) in [6, 6.07) is 11.6. The largest absolute Gasteiger partial charge is 0.369 e. The van der Waals surface area contributed by atoms with Gasteiger partial charge in [0.2, 0.25) is 0 Å². The van der Waals surface area contributed by atoms with Crippen molar-refractivity contribution in [3.05, 3.63) is 30.3 Å². The molecule has 2 saturated heterocycles.